The summed E-state index contributed by atoms with van der Waals surface area (Å²) in [6.45, 7) is 8.18. The van der Waals surface area contributed by atoms with Gasteiger partial charge < -0.3 is 9.67 Å². The SMILES string of the molecule is CCn1cc(S(=O)(=O)NCC(C)(C)C)cc1C(=O)O. The van der Waals surface area contributed by atoms with E-state index in [1.165, 1.54) is 16.8 Å². The summed E-state index contributed by atoms with van der Waals surface area (Å²) in [5.41, 5.74) is -0.214. The fourth-order valence-electron chi connectivity index (χ4n) is 1.47. The Kier molecular flexibility index (Phi) is 4.42. The number of hydrogen-bond acceptors (Lipinski definition) is 3. The Balaban J connectivity index is 3.06. The van der Waals surface area contributed by atoms with Gasteiger partial charge in [-0.25, -0.2) is 17.9 Å². The minimum atomic E-state index is -3.67. The number of aromatic carboxylic acids is 1. The highest BCUT2D eigenvalue weighted by Crippen LogP contribution is 2.17. The molecule has 0 radical (unpaired) electrons. The summed E-state index contributed by atoms with van der Waals surface area (Å²) in [6.07, 6.45) is 1.34. The summed E-state index contributed by atoms with van der Waals surface area (Å²) in [5.74, 6) is -1.14. The average molecular weight is 288 g/mol. The highest BCUT2D eigenvalue weighted by Gasteiger charge is 2.22. The highest BCUT2D eigenvalue weighted by atomic mass is 32.2. The van der Waals surface area contributed by atoms with Crippen LogP contribution in [0.25, 0.3) is 0 Å². The van der Waals surface area contributed by atoms with Gasteiger partial charge in [-0.2, -0.15) is 0 Å². The van der Waals surface area contributed by atoms with Crippen LogP contribution in [0, 0.1) is 5.41 Å². The Morgan fingerprint density at radius 1 is 1.42 bits per heavy atom. The van der Waals surface area contributed by atoms with Crippen LogP contribution >= 0.6 is 0 Å². The largest absolute Gasteiger partial charge is 0.477 e. The quantitative estimate of drug-likeness (QED) is 0.860. The van der Waals surface area contributed by atoms with Crippen molar-refractivity contribution in [1.29, 1.82) is 0 Å². The van der Waals surface area contributed by atoms with Crippen molar-refractivity contribution in [2.24, 2.45) is 5.41 Å². The van der Waals surface area contributed by atoms with Crippen molar-refractivity contribution in [2.45, 2.75) is 39.1 Å². The molecule has 1 heterocycles. The highest BCUT2D eigenvalue weighted by molar-refractivity contribution is 7.89. The van der Waals surface area contributed by atoms with Gasteiger partial charge >= 0.3 is 5.97 Å². The van der Waals surface area contributed by atoms with Gasteiger partial charge in [-0.3, -0.25) is 0 Å². The van der Waals surface area contributed by atoms with Gasteiger partial charge in [0, 0.05) is 19.3 Å². The molecular weight excluding hydrogens is 268 g/mol. The van der Waals surface area contributed by atoms with Gasteiger partial charge in [-0.1, -0.05) is 20.8 Å². The molecular formula is C12H20N2O4S. The molecule has 108 valence electrons. The van der Waals surface area contributed by atoms with Gasteiger partial charge in [0.1, 0.15) is 10.6 Å². The molecule has 2 N–H and O–H groups in total. The zero-order chi connectivity index (χ0) is 14.8. The van der Waals surface area contributed by atoms with Crippen LogP contribution in [-0.2, 0) is 16.6 Å². The first-order chi connectivity index (χ1) is 8.57. The van der Waals surface area contributed by atoms with Gasteiger partial charge in [0.15, 0.2) is 0 Å². The van der Waals surface area contributed by atoms with Crippen LogP contribution in [0.1, 0.15) is 38.2 Å². The van der Waals surface area contributed by atoms with Gasteiger partial charge in [-0.15, -0.1) is 0 Å². The lowest BCUT2D eigenvalue weighted by atomic mass is 9.98. The number of carboxylic acids is 1. The van der Waals surface area contributed by atoms with Crippen LogP contribution in [0.5, 0.6) is 0 Å². The van der Waals surface area contributed by atoms with Crippen LogP contribution < -0.4 is 4.72 Å². The van der Waals surface area contributed by atoms with Gasteiger partial charge in [0.2, 0.25) is 10.0 Å². The molecule has 1 rings (SSSR count). The van der Waals surface area contributed by atoms with E-state index in [1.807, 2.05) is 20.8 Å². The molecule has 0 amide bonds. The van der Waals surface area contributed by atoms with Crippen molar-refractivity contribution in [1.82, 2.24) is 9.29 Å². The first kappa shape index (κ1) is 15.7. The van der Waals surface area contributed by atoms with E-state index < -0.39 is 16.0 Å². The average Bonchev–Trinajstić information content (AvgIpc) is 2.70. The maximum absolute atomic E-state index is 12.1. The van der Waals surface area contributed by atoms with Crippen LogP contribution in [0.15, 0.2) is 17.2 Å². The molecule has 6 nitrogen and oxygen atoms in total. The number of aryl methyl sites for hydroxylation is 1. The second kappa shape index (κ2) is 5.34. The van der Waals surface area contributed by atoms with E-state index in [0.29, 0.717) is 6.54 Å². The molecule has 0 atom stereocenters. The number of carboxylic acid groups (broad SMARTS) is 1. The smallest absolute Gasteiger partial charge is 0.352 e. The molecule has 0 aliphatic heterocycles. The van der Waals surface area contributed by atoms with Crippen molar-refractivity contribution in [3.8, 4) is 0 Å². The maximum atomic E-state index is 12.1. The summed E-state index contributed by atoms with van der Waals surface area (Å²) in [4.78, 5) is 11.0. The van der Waals surface area contributed by atoms with Crippen molar-refractivity contribution < 1.29 is 18.3 Å². The van der Waals surface area contributed by atoms with E-state index >= 15 is 0 Å². The summed E-state index contributed by atoms with van der Waals surface area (Å²) >= 11 is 0. The zero-order valence-electron chi connectivity index (χ0n) is 11.6. The van der Waals surface area contributed by atoms with Crippen molar-refractivity contribution in [3.63, 3.8) is 0 Å². The third-order valence-electron chi connectivity index (χ3n) is 2.53. The van der Waals surface area contributed by atoms with E-state index in [4.69, 9.17) is 5.11 Å². The van der Waals surface area contributed by atoms with Crippen molar-refractivity contribution in [2.75, 3.05) is 6.54 Å². The van der Waals surface area contributed by atoms with Crippen LogP contribution in [0.4, 0.5) is 0 Å². The topological polar surface area (TPSA) is 88.4 Å². The number of hydrogen-bond donors (Lipinski definition) is 2. The second-order valence-corrected chi connectivity index (χ2v) is 7.30. The number of nitrogens with one attached hydrogen (secondary N) is 1. The van der Waals surface area contributed by atoms with Gasteiger partial charge in [0.25, 0.3) is 0 Å². The van der Waals surface area contributed by atoms with Crippen molar-refractivity contribution in [3.05, 3.63) is 18.0 Å². The van der Waals surface area contributed by atoms with Crippen molar-refractivity contribution >= 4 is 16.0 Å². The molecule has 0 aromatic carbocycles. The van der Waals surface area contributed by atoms with E-state index in [-0.39, 0.29) is 22.5 Å². The van der Waals surface area contributed by atoms with Crippen LogP contribution in [-0.4, -0.2) is 30.6 Å². The minimum absolute atomic E-state index is 0.0176. The van der Waals surface area contributed by atoms with E-state index in [9.17, 15) is 13.2 Å². The number of aromatic nitrogens is 1. The molecule has 0 aliphatic rings. The van der Waals surface area contributed by atoms with E-state index in [2.05, 4.69) is 4.72 Å². The summed E-state index contributed by atoms with van der Waals surface area (Å²) in [7, 11) is -3.67. The summed E-state index contributed by atoms with van der Waals surface area (Å²) < 4.78 is 28.0. The third kappa shape index (κ3) is 4.07. The standard InChI is InChI=1S/C12H20N2O4S/c1-5-14-7-9(6-10(14)11(15)16)19(17,18)13-8-12(2,3)4/h6-7,13H,5,8H2,1-4H3,(H,15,16). The minimum Gasteiger partial charge on any atom is -0.477 e. The Morgan fingerprint density at radius 2 is 2.00 bits per heavy atom. The molecule has 1 aromatic heterocycles. The Labute approximate surface area is 113 Å². The third-order valence-corrected chi connectivity index (χ3v) is 3.90. The Morgan fingerprint density at radius 3 is 2.37 bits per heavy atom. The lowest BCUT2D eigenvalue weighted by Gasteiger charge is -2.18. The lowest BCUT2D eigenvalue weighted by Crippen LogP contribution is -2.32. The van der Waals surface area contributed by atoms with E-state index in [0.717, 1.165) is 0 Å². The monoisotopic (exact) mass is 288 g/mol. The Bertz CT molecular complexity index is 567. The number of sulfonamides is 1. The summed E-state index contributed by atoms with van der Waals surface area (Å²) in [6, 6.07) is 1.18. The number of nitrogens with zero attached hydrogens (tertiary/aromatic N) is 1. The lowest BCUT2D eigenvalue weighted by molar-refractivity contribution is 0.0685. The predicted molar refractivity (Wildman–Crippen MR) is 71.7 cm³/mol. The molecule has 0 spiro atoms. The molecule has 0 fully saturated rings. The predicted octanol–water partition coefficient (Wildman–Crippen LogP) is 1.53. The molecule has 0 bridgehead atoms. The molecule has 0 saturated heterocycles. The first-order valence-electron chi connectivity index (χ1n) is 6.00. The fourth-order valence-corrected chi connectivity index (χ4v) is 2.79. The molecule has 0 saturated carbocycles. The normalized spacial score (nSPS) is 12.6. The number of rotatable bonds is 5. The molecule has 19 heavy (non-hydrogen) atoms. The molecule has 1 aromatic rings. The number of carbonyl (C=O) groups is 1. The zero-order valence-corrected chi connectivity index (χ0v) is 12.4. The van der Waals surface area contributed by atoms with Crippen LogP contribution in [0.2, 0.25) is 0 Å². The molecule has 7 heteroatoms. The van der Waals surface area contributed by atoms with Crippen LogP contribution in [0.3, 0.4) is 0 Å². The Hall–Kier alpha value is -1.34. The van der Waals surface area contributed by atoms with Gasteiger partial charge in [-0.05, 0) is 18.4 Å². The second-order valence-electron chi connectivity index (χ2n) is 5.54. The first-order valence-corrected chi connectivity index (χ1v) is 7.48. The fraction of sp³-hybridized carbons (Fsp3) is 0.583. The maximum Gasteiger partial charge on any atom is 0.352 e. The summed E-state index contributed by atoms with van der Waals surface area (Å²) in [5, 5.41) is 9.00. The van der Waals surface area contributed by atoms with E-state index in [1.54, 1.807) is 6.92 Å². The molecule has 0 unspecified atom stereocenters. The van der Waals surface area contributed by atoms with Gasteiger partial charge in [0.05, 0.1) is 0 Å². The molecule has 0 aliphatic carbocycles.